The van der Waals surface area contributed by atoms with E-state index in [9.17, 15) is 26.4 Å². The summed E-state index contributed by atoms with van der Waals surface area (Å²) in [6.45, 7) is 1.93. The fraction of sp³-hybridized carbons (Fsp3) is 0.350. The molecule has 1 saturated heterocycles. The quantitative estimate of drug-likeness (QED) is 0.720. The summed E-state index contributed by atoms with van der Waals surface area (Å²) in [6, 6.07) is 6.51. The van der Waals surface area contributed by atoms with E-state index in [0.29, 0.717) is 0 Å². The molecule has 6 nitrogen and oxygen atoms in total. The second-order valence-corrected chi connectivity index (χ2v) is 8.95. The van der Waals surface area contributed by atoms with Gasteiger partial charge in [0, 0.05) is 19.0 Å². The molecule has 2 aromatic carbocycles. The van der Waals surface area contributed by atoms with Crippen molar-refractivity contribution in [3.05, 3.63) is 53.3 Å². The molecule has 0 spiro atoms. The predicted octanol–water partition coefficient (Wildman–Crippen LogP) is 3.46. The fourth-order valence-electron chi connectivity index (χ4n) is 3.34. The summed E-state index contributed by atoms with van der Waals surface area (Å²) < 4.78 is 72.6. The highest BCUT2D eigenvalue weighted by Gasteiger charge is 2.34. The van der Waals surface area contributed by atoms with E-state index < -0.39 is 45.0 Å². The SMILES string of the molecule is COc1ccc(C)cc1S(=O)(=O)N1CCC(C(=O)Nc2ccc(F)c(F)c2F)CC1. The summed E-state index contributed by atoms with van der Waals surface area (Å²) in [7, 11) is -2.44. The summed E-state index contributed by atoms with van der Waals surface area (Å²) in [5.74, 6) is -5.44. The maximum absolute atomic E-state index is 13.8. The van der Waals surface area contributed by atoms with Crippen LogP contribution in [-0.4, -0.2) is 38.8 Å². The first-order chi connectivity index (χ1) is 14.1. The zero-order valence-electron chi connectivity index (χ0n) is 16.4. The van der Waals surface area contributed by atoms with Gasteiger partial charge in [0.2, 0.25) is 15.9 Å². The Kier molecular flexibility index (Phi) is 6.37. The van der Waals surface area contributed by atoms with Crippen LogP contribution in [0.5, 0.6) is 5.75 Å². The number of methoxy groups -OCH3 is 1. The summed E-state index contributed by atoms with van der Waals surface area (Å²) >= 11 is 0. The van der Waals surface area contributed by atoms with Gasteiger partial charge in [-0.3, -0.25) is 4.79 Å². The lowest BCUT2D eigenvalue weighted by atomic mass is 9.97. The van der Waals surface area contributed by atoms with E-state index in [1.807, 2.05) is 0 Å². The van der Waals surface area contributed by atoms with Crippen molar-refractivity contribution in [1.29, 1.82) is 0 Å². The number of aryl methyl sites for hydroxylation is 1. The number of hydrogen-bond acceptors (Lipinski definition) is 4. The van der Waals surface area contributed by atoms with Crippen LogP contribution in [0.1, 0.15) is 18.4 Å². The standard InChI is InChI=1S/C20H21F3N2O4S/c1-12-3-6-16(29-2)17(11-12)30(27,28)25-9-7-13(8-10-25)20(26)24-15-5-4-14(21)18(22)19(15)23/h3-6,11,13H,7-10H2,1-2H3,(H,24,26). The van der Waals surface area contributed by atoms with Crippen LogP contribution >= 0.6 is 0 Å². The molecular formula is C20H21F3N2O4S. The molecule has 1 aliphatic heterocycles. The molecule has 3 rings (SSSR count). The Labute approximate surface area is 172 Å². The van der Waals surface area contributed by atoms with Crippen LogP contribution in [0.15, 0.2) is 35.2 Å². The number of nitrogens with zero attached hydrogens (tertiary/aromatic N) is 1. The number of amides is 1. The van der Waals surface area contributed by atoms with Gasteiger partial charge >= 0.3 is 0 Å². The minimum atomic E-state index is -3.83. The number of ether oxygens (including phenoxy) is 1. The zero-order chi connectivity index (χ0) is 22.1. The minimum Gasteiger partial charge on any atom is -0.495 e. The molecule has 0 unspecified atom stereocenters. The van der Waals surface area contributed by atoms with Crippen molar-refractivity contribution in [2.45, 2.75) is 24.7 Å². The van der Waals surface area contributed by atoms with Crippen molar-refractivity contribution in [2.75, 3.05) is 25.5 Å². The molecule has 0 aromatic heterocycles. The maximum Gasteiger partial charge on any atom is 0.246 e. The van der Waals surface area contributed by atoms with Crippen molar-refractivity contribution < 1.29 is 31.1 Å². The molecule has 0 saturated carbocycles. The maximum atomic E-state index is 13.8. The first-order valence-corrected chi connectivity index (χ1v) is 10.7. The molecule has 1 heterocycles. The second-order valence-electron chi connectivity index (χ2n) is 7.04. The number of carbonyl (C=O) groups excluding carboxylic acids is 1. The highest BCUT2D eigenvalue weighted by Crippen LogP contribution is 2.31. The Hall–Kier alpha value is -2.59. The molecule has 0 aliphatic carbocycles. The van der Waals surface area contributed by atoms with Gasteiger partial charge in [0.05, 0.1) is 12.8 Å². The number of piperidine rings is 1. The molecule has 0 atom stereocenters. The minimum absolute atomic E-state index is 0.0526. The Morgan fingerprint density at radius 3 is 2.40 bits per heavy atom. The van der Waals surface area contributed by atoms with Crippen LogP contribution < -0.4 is 10.1 Å². The van der Waals surface area contributed by atoms with Crippen LogP contribution in [0.3, 0.4) is 0 Å². The lowest BCUT2D eigenvalue weighted by molar-refractivity contribution is -0.120. The van der Waals surface area contributed by atoms with Gasteiger partial charge in [0.15, 0.2) is 17.5 Å². The number of halogens is 3. The van der Waals surface area contributed by atoms with Gasteiger partial charge < -0.3 is 10.1 Å². The van der Waals surface area contributed by atoms with E-state index in [4.69, 9.17) is 4.74 Å². The summed E-state index contributed by atoms with van der Waals surface area (Å²) in [4.78, 5) is 12.5. The molecule has 0 bridgehead atoms. The van der Waals surface area contributed by atoms with E-state index in [2.05, 4.69) is 5.32 Å². The number of nitrogens with one attached hydrogen (secondary N) is 1. The fourth-order valence-corrected chi connectivity index (χ4v) is 5.05. The van der Waals surface area contributed by atoms with E-state index in [-0.39, 0.29) is 36.6 Å². The first kappa shape index (κ1) is 22.1. The summed E-state index contributed by atoms with van der Waals surface area (Å²) in [5, 5.41) is 2.25. The highest BCUT2D eigenvalue weighted by atomic mass is 32.2. The number of rotatable bonds is 5. The van der Waals surface area contributed by atoms with Gasteiger partial charge in [-0.1, -0.05) is 6.07 Å². The third kappa shape index (κ3) is 4.29. The topological polar surface area (TPSA) is 75.7 Å². The Balaban J connectivity index is 1.69. The van der Waals surface area contributed by atoms with Crippen LogP contribution in [-0.2, 0) is 14.8 Å². The average molecular weight is 442 g/mol. The van der Waals surface area contributed by atoms with Crippen molar-refractivity contribution in [1.82, 2.24) is 4.31 Å². The van der Waals surface area contributed by atoms with Crippen LogP contribution in [0.4, 0.5) is 18.9 Å². The largest absolute Gasteiger partial charge is 0.495 e. The van der Waals surface area contributed by atoms with E-state index >= 15 is 0 Å². The first-order valence-electron chi connectivity index (χ1n) is 9.24. The highest BCUT2D eigenvalue weighted by molar-refractivity contribution is 7.89. The predicted molar refractivity (Wildman–Crippen MR) is 104 cm³/mol. The van der Waals surface area contributed by atoms with Crippen molar-refractivity contribution in [2.24, 2.45) is 5.92 Å². The normalized spacial score (nSPS) is 15.8. The lowest BCUT2D eigenvalue weighted by Gasteiger charge is -2.31. The number of sulfonamides is 1. The number of carbonyl (C=O) groups is 1. The molecule has 30 heavy (non-hydrogen) atoms. The molecule has 1 amide bonds. The zero-order valence-corrected chi connectivity index (χ0v) is 17.2. The van der Waals surface area contributed by atoms with Crippen LogP contribution in [0.2, 0.25) is 0 Å². The smallest absolute Gasteiger partial charge is 0.246 e. The van der Waals surface area contributed by atoms with Gasteiger partial charge in [-0.15, -0.1) is 0 Å². The molecule has 10 heteroatoms. The molecule has 1 N–H and O–H groups in total. The van der Waals surface area contributed by atoms with Crippen molar-refractivity contribution in [3.8, 4) is 5.75 Å². The van der Waals surface area contributed by atoms with Gasteiger partial charge in [-0.2, -0.15) is 4.31 Å². The van der Waals surface area contributed by atoms with E-state index in [1.165, 1.54) is 17.5 Å². The number of hydrogen-bond donors (Lipinski definition) is 1. The molecule has 0 radical (unpaired) electrons. The average Bonchev–Trinajstić information content (AvgIpc) is 2.74. The molecular weight excluding hydrogens is 421 g/mol. The van der Waals surface area contributed by atoms with Crippen LogP contribution in [0.25, 0.3) is 0 Å². The van der Waals surface area contributed by atoms with Crippen LogP contribution in [0, 0.1) is 30.3 Å². The third-order valence-electron chi connectivity index (χ3n) is 5.05. The molecule has 2 aromatic rings. The van der Waals surface area contributed by atoms with Gasteiger partial charge in [-0.05, 0) is 49.6 Å². The van der Waals surface area contributed by atoms with Gasteiger partial charge in [-0.25, -0.2) is 21.6 Å². The summed E-state index contributed by atoms with van der Waals surface area (Å²) in [5.41, 5.74) is 0.302. The van der Waals surface area contributed by atoms with Gasteiger partial charge in [0.25, 0.3) is 0 Å². The monoisotopic (exact) mass is 442 g/mol. The van der Waals surface area contributed by atoms with E-state index in [0.717, 1.165) is 17.7 Å². The Morgan fingerprint density at radius 2 is 1.77 bits per heavy atom. The number of anilines is 1. The lowest BCUT2D eigenvalue weighted by Crippen LogP contribution is -2.41. The Morgan fingerprint density at radius 1 is 1.10 bits per heavy atom. The molecule has 1 aliphatic rings. The summed E-state index contributed by atoms with van der Waals surface area (Å²) in [6.07, 6.45) is 0.398. The molecule has 1 fully saturated rings. The second kappa shape index (κ2) is 8.65. The van der Waals surface area contributed by atoms with E-state index in [1.54, 1.807) is 19.1 Å². The Bertz CT molecular complexity index is 1070. The van der Waals surface area contributed by atoms with Crippen molar-refractivity contribution in [3.63, 3.8) is 0 Å². The third-order valence-corrected chi connectivity index (χ3v) is 6.97. The van der Waals surface area contributed by atoms with Gasteiger partial charge in [0.1, 0.15) is 10.6 Å². The van der Waals surface area contributed by atoms with Crippen molar-refractivity contribution >= 4 is 21.6 Å². The molecule has 162 valence electrons. The number of benzene rings is 2.